The van der Waals surface area contributed by atoms with Gasteiger partial charge < -0.3 is 49.3 Å². The number of carbonyl (C=O) groups is 4. The Morgan fingerprint density at radius 3 is 2.05 bits per heavy atom. The summed E-state index contributed by atoms with van der Waals surface area (Å²) in [6.45, 7) is 4.20. The summed E-state index contributed by atoms with van der Waals surface area (Å²) >= 11 is 0. The van der Waals surface area contributed by atoms with Crippen molar-refractivity contribution in [1.29, 1.82) is 0 Å². The molecule has 1 fully saturated rings. The second kappa shape index (κ2) is 15.5. The van der Waals surface area contributed by atoms with Crippen LogP contribution in [-0.4, -0.2) is 89.4 Å². The lowest BCUT2D eigenvalue weighted by Crippen LogP contribution is -2.57. The Morgan fingerprint density at radius 2 is 1.54 bits per heavy atom. The summed E-state index contributed by atoms with van der Waals surface area (Å²) in [5, 5.41) is 14.6. The van der Waals surface area contributed by atoms with Crippen LogP contribution in [0.2, 0.25) is 0 Å². The first-order valence-electron chi connectivity index (χ1n) is 12.4. The number of guanidine groups is 2. The van der Waals surface area contributed by atoms with Gasteiger partial charge in [-0.15, -0.1) is 0 Å². The fourth-order valence-corrected chi connectivity index (χ4v) is 3.96. The van der Waals surface area contributed by atoms with Crippen molar-refractivity contribution in [3.63, 3.8) is 0 Å². The minimum Gasteiger partial charge on any atom is -0.480 e. The number of aliphatic carboxylic acids is 1. The smallest absolute Gasteiger partial charge is 0.326 e. The molecule has 0 radical (unpaired) electrons. The molecule has 1 rings (SSSR count). The van der Waals surface area contributed by atoms with Crippen LogP contribution < -0.4 is 39.3 Å². The van der Waals surface area contributed by atoms with Crippen LogP contribution in [0.3, 0.4) is 0 Å². The molecule has 37 heavy (non-hydrogen) atoms. The van der Waals surface area contributed by atoms with E-state index in [1.54, 1.807) is 13.8 Å². The zero-order valence-corrected chi connectivity index (χ0v) is 21.6. The van der Waals surface area contributed by atoms with Crippen LogP contribution in [0.15, 0.2) is 9.98 Å². The van der Waals surface area contributed by atoms with Gasteiger partial charge >= 0.3 is 5.97 Å². The van der Waals surface area contributed by atoms with Crippen LogP contribution in [0, 0.1) is 5.92 Å². The molecule has 210 valence electrons. The van der Waals surface area contributed by atoms with Crippen LogP contribution in [0.1, 0.15) is 52.4 Å². The maximum Gasteiger partial charge on any atom is 0.326 e. The predicted molar refractivity (Wildman–Crippen MR) is 139 cm³/mol. The first-order valence-corrected chi connectivity index (χ1v) is 12.4. The Morgan fingerprint density at radius 1 is 0.973 bits per heavy atom. The van der Waals surface area contributed by atoms with E-state index in [4.69, 9.17) is 28.7 Å². The third-order valence-corrected chi connectivity index (χ3v) is 5.93. The second-order valence-corrected chi connectivity index (χ2v) is 9.32. The third-order valence-electron chi connectivity index (χ3n) is 5.93. The number of hydrogen-bond acceptors (Lipinski definition) is 7. The summed E-state index contributed by atoms with van der Waals surface area (Å²) in [5.41, 5.74) is 27.3. The largest absolute Gasteiger partial charge is 0.480 e. The fraction of sp³-hybridized carbons (Fsp3) is 0.727. The van der Waals surface area contributed by atoms with Crippen molar-refractivity contribution in [3.05, 3.63) is 0 Å². The van der Waals surface area contributed by atoms with Crippen molar-refractivity contribution in [2.45, 2.75) is 76.5 Å². The lowest BCUT2D eigenvalue weighted by atomic mass is 10.0. The average Bonchev–Trinajstić information content (AvgIpc) is 3.30. The van der Waals surface area contributed by atoms with E-state index in [0.717, 1.165) is 0 Å². The number of nitrogens with zero attached hydrogens (tertiary/aromatic N) is 3. The summed E-state index contributed by atoms with van der Waals surface area (Å²) < 4.78 is 0. The van der Waals surface area contributed by atoms with Gasteiger partial charge in [-0.05, 0) is 44.4 Å². The van der Waals surface area contributed by atoms with Gasteiger partial charge in [0.25, 0.3) is 0 Å². The van der Waals surface area contributed by atoms with Crippen molar-refractivity contribution in [2.75, 3.05) is 19.6 Å². The molecule has 1 aliphatic rings. The first-order chi connectivity index (χ1) is 17.3. The molecule has 0 unspecified atom stereocenters. The molecule has 1 aliphatic heterocycles. The van der Waals surface area contributed by atoms with Crippen LogP contribution in [0.25, 0.3) is 0 Å². The molecule has 3 amide bonds. The van der Waals surface area contributed by atoms with Crippen LogP contribution >= 0.6 is 0 Å². The lowest BCUT2D eigenvalue weighted by Gasteiger charge is -2.30. The van der Waals surface area contributed by atoms with E-state index in [-0.39, 0.29) is 37.2 Å². The molecular weight excluding hydrogens is 484 g/mol. The first kappa shape index (κ1) is 31.4. The standard InChI is InChI=1S/C22H42N10O5/c1-12(2)16(20(36)37)31-18(34)15-8-5-11-32(15)19(35)14(7-4-10-29-22(26)27)30-17(33)13(23)6-3-9-28-21(24)25/h12-16H,3-11,23H2,1-2H3,(H,30,33)(H,31,34)(H,36,37)(H4,24,25,28)(H4,26,27,29)/t13-,14-,15-,16-/m0/s1. The highest BCUT2D eigenvalue weighted by Gasteiger charge is 2.39. The third kappa shape index (κ3) is 10.9. The highest BCUT2D eigenvalue weighted by molar-refractivity contribution is 5.94. The number of carboxylic acids is 1. The summed E-state index contributed by atoms with van der Waals surface area (Å²) in [5.74, 6) is -3.19. The molecule has 13 N–H and O–H groups in total. The van der Waals surface area contributed by atoms with Gasteiger partial charge in [-0.25, -0.2) is 4.79 Å². The number of amides is 3. The van der Waals surface area contributed by atoms with E-state index in [9.17, 15) is 24.3 Å². The normalized spacial score (nSPS) is 17.4. The molecule has 1 heterocycles. The molecular formula is C22H42N10O5. The van der Waals surface area contributed by atoms with Crippen molar-refractivity contribution >= 4 is 35.6 Å². The summed E-state index contributed by atoms with van der Waals surface area (Å²) in [7, 11) is 0. The summed E-state index contributed by atoms with van der Waals surface area (Å²) in [6, 6.07) is -3.81. The van der Waals surface area contributed by atoms with Crippen molar-refractivity contribution in [1.82, 2.24) is 15.5 Å². The predicted octanol–water partition coefficient (Wildman–Crippen LogP) is -2.88. The van der Waals surface area contributed by atoms with Gasteiger partial charge in [-0.1, -0.05) is 13.8 Å². The maximum absolute atomic E-state index is 13.5. The van der Waals surface area contributed by atoms with E-state index in [1.165, 1.54) is 4.90 Å². The van der Waals surface area contributed by atoms with E-state index in [2.05, 4.69) is 20.6 Å². The van der Waals surface area contributed by atoms with E-state index >= 15 is 0 Å². The quantitative estimate of drug-likeness (QED) is 0.0613. The van der Waals surface area contributed by atoms with Gasteiger partial charge in [0.1, 0.15) is 18.1 Å². The highest BCUT2D eigenvalue weighted by Crippen LogP contribution is 2.20. The maximum atomic E-state index is 13.5. The van der Waals surface area contributed by atoms with Crippen LogP contribution in [-0.2, 0) is 19.2 Å². The van der Waals surface area contributed by atoms with Crippen molar-refractivity contribution in [2.24, 2.45) is 44.6 Å². The molecule has 0 bridgehead atoms. The minimum atomic E-state index is -1.15. The molecule has 0 aromatic carbocycles. The highest BCUT2D eigenvalue weighted by atomic mass is 16.4. The summed E-state index contributed by atoms with van der Waals surface area (Å²) in [6.07, 6.45) is 2.27. The van der Waals surface area contributed by atoms with Gasteiger partial charge in [0, 0.05) is 19.6 Å². The Balaban J connectivity index is 2.94. The Bertz CT molecular complexity index is 855. The van der Waals surface area contributed by atoms with E-state index in [0.29, 0.717) is 38.8 Å². The van der Waals surface area contributed by atoms with Gasteiger partial charge in [0.15, 0.2) is 11.9 Å². The number of carbonyl (C=O) groups excluding carboxylic acids is 3. The average molecular weight is 527 g/mol. The van der Waals surface area contributed by atoms with Gasteiger partial charge in [-0.3, -0.25) is 24.4 Å². The molecule has 0 saturated carbocycles. The lowest BCUT2D eigenvalue weighted by molar-refractivity contribution is -0.145. The Labute approximate surface area is 216 Å². The molecule has 1 saturated heterocycles. The number of carboxylic acid groups (broad SMARTS) is 1. The summed E-state index contributed by atoms with van der Waals surface area (Å²) in [4.78, 5) is 59.8. The molecule has 0 aromatic rings. The topological polar surface area (TPSA) is 271 Å². The molecule has 0 spiro atoms. The fourth-order valence-electron chi connectivity index (χ4n) is 3.96. The molecule has 0 aliphatic carbocycles. The zero-order chi connectivity index (χ0) is 28.1. The Hall–Kier alpha value is -3.62. The van der Waals surface area contributed by atoms with Crippen LogP contribution in [0.4, 0.5) is 0 Å². The number of nitrogens with one attached hydrogen (secondary N) is 2. The van der Waals surface area contributed by atoms with Gasteiger partial charge in [0.2, 0.25) is 17.7 Å². The molecule has 15 heteroatoms. The number of aliphatic imine (C=N–C) groups is 2. The second-order valence-electron chi connectivity index (χ2n) is 9.32. The van der Waals surface area contributed by atoms with Crippen molar-refractivity contribution in [3.8, 4) is 0 Å². The Kier molecular flexibility index (Phi) is 13.1. The van der Waals surface area contributed by atoms with Gasteiger partial charge in [0.05, 0.1) is 6.04 Å². The monoisotopic (exact) mass is 526 g/mol. The zero-order valence-electron chi connectivity index (χ0n) is 21.6. The minimum absolute atomic E-state index is 0.0586. The SMILES string of the molecule is CC(C)[C@H](NC(=O)[C@@H]1CCCN1C(=O)[C@H](CCCN=C(N)N)NC(=O)[C@@H](N)CCCN=C(N)N)C(=O)O. The van der Waals surface area contributed by atoms with Crippen molar-refractivity contribution < 1.29 is 24.3 Å². The molecule has 0 aromatic heterocycles. The molecule has 4 atom stereocenters. The number of nitrogens with two attached hydrogens (primary N) is 5. The van der Waals surface area contributed by atoms with Crippen LogP contribution in [0.5, 0.6) is 0 Å². The van der Waals surface area contributed by atoms with E-state index < -0.39 is 47.9 Å². The van der Waals surface area contributed by atoms with Gasteiger partial charge in [-0.2, -0.15) is 0 Å². The molecule has 15 nitrogen and oxygen atoms in total. The number of hydrogen-bond donors (Lipinski definition) is 8. The number of rotatable bonds is 15. The number of likely N-dealkylation sites (tertiary alicyclic amines) is 1. The van der Waals surface area contributed by atoms with E-state index in [1.807, 2.05) is 0 Å².